The Balaban J connectivity index is 1.86. The number of methoxy groups -OCH3 is 1. The Morgan fingerprint density at radius 3 is 2.48 bits per heavy atom. The molecule has 0 bridgehead atoms. The van der Waals surface area contributed by atoms with Crippen LogP contribution in [0, 0.1) is 0 Å². The molecular weight excluding hydrogens is 288 g/mol. The summed E-state index contributed by atoms with van der Waals surface area (Å²) in [6, 6.07) is 19.0. The van der Waals surface area contributed by atoms with E-state index in [0.29, 0.717) is 17.0 Å². The normalized spacial score (nSPS) is 10.1. The van der Waals surface area contributed by atoms with Crippen molar-refractivity contribution in [2.75, 3.05) is 12.4 Å². The van der Waals surface area contributed by atoms with E-state index in [4.69, 9.17) is 4.74 Å². The number of aromatic nitrogens is 1. The van der Waals surface area contributed by atoms with Crippen LogP contribution in [0.5, 0.6) is 5.75 Å². The van der Waals surface area contributed by atoms with Crippen LogP contribution in [0.2, 0.25) is 0 Å². The van der Waals surface area contributed by atoms with Crippen LogP contribution < -0.4 is 10.1 Å². The fraction of sp³-hybridized carbons (Fsp3) is 0.0526. The SMILES string of the molecule is COc1ccccc1NC(=O)c1cncc(-c2ccccc2)c1. The summed E-state index contributed by atoms with van der Waals surface area (Å²) < 4.78 is 5.24. The summed E-state index contributed by atoms with van der Waals surface area (Å²) in [7, 11) is 1.57. The minimum atomic E-state index is -0.222. The fourth-order valence-electron chi connectivity index (χ4n) is 2.29. The molecule has 1 amide bonds. The zero-order valence-corrected chi connectivity index (χ0v) is 12.7. The second-order valence-corrected chi connectivity index (χ2v) is 4.98. The molecular formula is C19H16N2O2. The molecule has 23 heavy (non-hydrogen) atoms. The Labute approximate surface area is 134 Å². The highest BCUT2D eigenvalue weighted by Gasteiger charge is 2.10. The first-order valence-electron chi connectivity index (χ1n) is 7.23. The summed E-state index contributed by atoms with van der Waals surface area (Å²) in [6.07, 6.45) is 3.30. The predicted octanol–water partition coefficient (Wildman–Crippen LogP) is 4.01. The van der Waals surface area contributed by atoms with E-state index in [0.717, 1.165) is 11.1 Å². The first-order chi connectivity index (χ1) is 11.3. The maximum atomic E-state index is 12.5. The highest BCUT2D eigenvalue weighted by Crippen LogP contribution is 2.24. The number of pyridine rings is 1. The third-order valence-corrected chi connectivity index (χ3v) is 3.46. The van der Waals surface area contributed by atoms with Crippen molar-refractivity contribution in [2.45, 2.75) is 0 Å². The van der Waals surface area contributed by atoms with Gasteiger partial charge in [-0.2, -0.15) is 0 Å². The lowest BCUT2D eigenvalue weighted by Gasteiger charge is -2.10. The Hall–Kier alpha value is -3.14. The largest absolute Gasteiger partial charge is 0.495 e. The first-order valence-corrected chi connectivity index (χ1v) is 7.23. The number of benzene rings is 2. The van der Waals surface area contributed by atoms with Gasteiger partial charge in [-0.05, 0) is 23.8 Å². The van der Waals surface area contributed by atoms with E-state index in [1.807, 2.05) is 48.5 Å². The molecule has 0 unspecified atom stereocenters. The van der Waals surface area contributed by atoms with Gasteiger partial charge in [0.05, 0.1) is 18.4 Å². The number of rotatable bonds is 4. The summed E-state index contributed by atoms with van der Waals surface area (Å²) >= 11 is 0. The van der Waals surface area contributed by atoms with Crippen molar-refractivity contribution in [2.24, 2.45) is 0 Å². The lowest BCUT2D eigenvalue weighted by molar-refractivity contribution is 0.102. The maximum Gasteiger partial charge on any atom is 0.257 e. The zero-order chi connectivity index (χ0) is 16.1. The molecule has 3 rings (SSSR count). The number of nitrogens with one attached hydrogen (secondary N) is 1. The molecule has 1 N–H and O–H groups in total. The molecule has 0 aliphatic carbocycles. The van der Waals surface area contributed by atoms with Crippen molar-refractivity contribution < 1.29 is 9.53 Å². The van der Waals surface area contributed by atoms with Crippen molar-refractivity contribution in [1.82, 2.24) is 4.98 Å². The second-order valence-electron chi connectivity index (χ2n) is 4.98. The Morgan fingerprint density at radius 1 is 0.957 bits per heavy atom. The average molecular weight is 304 g/mol. The summed E-state index contributed by atoms with van der Waals surface area (Å²) in [4.78, 5) is 16.6. The number of carbonyl (C=O) groups is 1. The maximum absolute atomic E-state index is 12.5. The van der Waals surface area contributed by atoms with Crippen molar-refractivity contribution in [3.8, 4) is 16.9 Å². The predicted molar refractivity (Wildman–Crippen MR) is 90.6 cm³/mol. The topological polar surface area (TPSA) is 51.2 Å². The van der Waals surface area contributed by atoms with E-state index in [1.165, 1.54) is 0 Å². The number of ether oxygens (including phenoxy) is 1. The number of hydrogen-bond acceptors (Lipinski definition) is 3. The van der Waals surface area contributed by atoms with Crippen LogP contribution in [0.25, 0.3) is 11.1 Å². The molecule has 0 saturated heterocycles. The van der Waals surface area contributed by atoms with Crippen LogP contribution in [-0.2, 0) is 0 Å². The zero-order valence-electron chi connectivity index (χ0n) is 12.7. The molecule has 0 radical (unpaired) electrons. The van der Waals surface area contributed by atoms with Crippen molar-refractivity contribution >= 4 is 11.6 Å². The van der Waals surface area contributed by atoms with Gasteiger partial charge in [-0.3, -0.25) is 9.78 Å². The molecule has 1 heterocycles. The number of para-hydroxylation sites is 2. The van der Waals surface area contributed by atoms with E-state index < -0.39 is 0 Å². The van der Waals surface area contributed by atoms with Crippen molar-refractivity contribution in [3.63, 3.8) is 0 Å². The lowest BCUT2D eigenvalue weighted by atomic mass is 10.1. The van der Waals surface area contributed by atoms with Gasteiger partial charge in [-0.25, -0.2) is 0 Å². The Morgan fingerprint density at radius 2 is 1.70 bits per heavy atom. The number of nitrogens with zero attached hydrogens (tertiary/aromatic N) is 1. The quantitative estimate of drug-likeness (QED) is 0.792. The van der Waals surface area contributed by atoms with Crippen LogP contribution in [0.1, 0.15) is 10.4 Å². The molecule has 0 spiro atoms. The number of hydrogen-bond donors (Lipinski definition) is 1. The summed E-state index contributed by atoms with van der Waals surface area (Å²) in [6.45, 7) is 0. The van der Waals surface area contributed by atoms with Gasteiger partial charge in [-0.1, -0.05) is 42.5 Å². The van der Waals surface area contributed by atoms with Gasteiger partial charge in [0.25, 0.3) is 5.91 Å². The fourth-order valence-corrected chi connectivity index (χ4v) is 2.29. The Kier molecular flexibility index (Phi) is 4.34. The van der Waals surface area contributed by atoms with Gasteiger partial charge in [0.2, 0.25) is 0 Å². The van der Waals surface area contributed by atoms with Gasteiger partial charge in [0, 0.05) is 18.0 Å². The minimum Gasteiger partial charge on any atom is -0.495 e. The average Bonchev–Trinajstić information content (AvgIpc) is 2.63. The summed E-state index contributed by atoms with van der Waals surface area (Å²) in [5.41, 5.74) is 3.05. The van der Waals surface area contributed by atoms with Gasteiger partial charge >= 0.3 is 0 Å². The molecule has 114 valence electrons. The third-order valence-electron chi connectivity index (χ3n) is 3.46. The van der Waals surface area contributed by atoms with Crippen LogP contribution in [-0.4, -0.2) is 18.0 Å². The van der Waals surface area contributed by atoms with Crippen molar-refractivity contribution in [1.29, 1.82) is 0 Å². The number of anilines is 1. The summed E-state index contributed by atoms with van der Waals surface area (Å²) in [5.74, 6) is 0.396. The molecule has 2 aromatic carbocycles. The number of amides is 1. The molecule has 0 aliphatic rings. The minimum absolute atomic E-state index is 0.222. The van der Waals surface area contributed by atoms with Crippen LogP contribution in [0.4, 0.5) is 5.69 Å². The standard InChI is InChI=1S/C19H16N2O2/c1-23-18-10-6-5-9-17(18)21-19(22)16-11-15(12-20-13-16)14-7-3-2-4-8-14/h2-13H,1H3,(H,21,22). The van der Waals surface area contributed by atoms with Gasteiger partial charge < -0.3 is 10.1 Å². The van der Waals surface area contributed by atoms with Crippen LogP contribution in [0.15, 0.2) is 73.1 Å². The van der Waals surface area contributed by atoms with E-state index in [1.54, 1.807) is 31.6 Å². The highest BCUT2D eigenvalue weighted by molar-refractivity contribution is 6.05. The Bertz CT molecular complexity index is 816. The summed E-state index contributed by atoms with van der Waals surface area (Å²) in [5, 5.41) is 2.85. The van der Waals surface area contributed by atoms with Gasteiger partial charge in [-0.15, -0.1) is 0 Å². The van der Waals surface area contributed by atoms with E-state index in [-0.39, 0.29) is 5.91 Å². The molecule has 4 heteroatoms. The van der Waals surface area contributed by atoms with E-state index in [2.05, 4.69) is 10.3 Å². The molecule has 0 fully saturated rings. The molecule has 3 aromatic rings. The van der Waals surface area contributed by atoms with Gasteiger partial charge in [0.15, 0.2) is 0 Å². The van der Waals surface area contributed by atoms with E-state index >= 15 is 0 Å². The second kappa shape index (κ2) is 6.75. The molecule has 0 saturated carbocycles. The first kappa shape index (κ1) is 14.8. The van der Waals surface area contributed by atoms with E-state index in [9.17, 15) is 4.79 Å². The van der Waals surface area contributed by atoms with Crippen LogP contribution >= 0.6 is 0 Å². The lowest BCUT2D eigenvalue weighted by Crippen LogP contribution is -2.13. The molecule has 0 atom stereocenters. The number of carbonyl (C=O) groups excluding carboxylic acids is 1. The monoisotopic (exact) mass is 304 g/mol. The highest BCUT2D eigenvalue weighted by atomic mass is 16.5. The molecule has 1 aromatic heterocycles. The molecule has 4 nitrogen and oxygen atoms in total. The third kappa shape index (κ3) is 3.37. The van der Waals surface area contributed by atoms with Crippen LogP contribution in [0.3, 0.4) is 0 Å². The van der Waals surface area contributed by atoms with Gasteiger partial charge in [0.1, 0.15) is 5.75 Å². The van der Waals surface area contributed by atoms with Crippen molar-refractivity contribution in [3.05, 3.63) is 78.6 Å². The molecule has 0 aliphatic heterocycles. The smallest absolute Gasteiger partial charge is 0.257 e.